The van der Waals surface area contributed by atoms with Crippen LogP contribution in [0.25, 0.3) is 0 Å². The number of halogens is 1. The van der Waals surface area contributed by atoms with Gasteiger partial charge in [0.05, 0.1) is 17.5 Å². The van der Waals surface area contributed by atoms with Gasteiger partial charge in [0.1, 0.15) is 18.2 Å². The number of nitrogens with zero attached hydrogens (tertiary/aromatic N) is 2. The van der Waals surface area contributed by atoms with Crippen LogP contribution in [0.3, 0.4) is 0 Å². The molecule has 1 aromatic carbocycles. The quantitative estimate of drug-likeness (QED) is 0.914. The average molecular weight is 278 g/mol. The number of aromatic nitrogens is 2. The molecule has 5 heteroatoms. The smallest absolute Gasteiger partial charge is 0.132 e. The van der Waals surface area contributed by atoms with Crippen LogP contribution < -0.4 is 4.74 Å². The third-order valence-corrected chi connectivity index (χ3v) is 3.09. The number of hydrogen-bond acceptors (Lipinski definition) is 3. The number of aliphatic hydroxyl groups excluding tert-OH is 1. The Balaban J connectivity index is 2.09. The second-order valence-electron chi connectivity index (χ2n) is 4.74. The highest BCUT2D eigenvalue weighted by Gasteiger charge is 2.10. The van der Waals surface area contributed by atoms with E-state index in [1.807, 2.05) is 24.6 Å². The molecule has 0 amide bonds. The van der Waals surface area contributed by atoms with Gasteiger partial charge >= 0.3 is 0 Å². The van der Waals surface area contributed by atoms with Crippen molar-refractivity contribution in [1.29, 1.82) is 0 Å². The lowest BCUT2D eigenvalue weighted by Crippen LogP contribution is -2.06. The minimum atomic E-state index is -0.826. The molecule has 0 aliphatic rings. The first-order valence-corrected chi connectivity index (χ1v) is 6.65. The zero-order chi connectivity index (χ0) is 14.7. The maximum atomic E-state index is 13.7. The van der Waals surface area contributed by atoms with Gasteiger partial charge in [-0.2, -0.15) is 5.10 Å². The fraction of sp³-hybridized carbons (Fsp3) is 0.400. The summed E-state index contributed by atoms with van der Waals surface area (Å²) in [5, 5.41) is 13.7. The van der Waals surface area contributed by atoms with E-state index in [0.29, 0.717) is 12.4 Å². The first-order valence-electron chi connectivity index (χ1n) is 6.65. The van der Waals surface area contributed by atoms with Crippen LogP contribution in [0, 0.1) is 12.7 Å². The molecule has 2 rings (SSSR count). The molecule has 1 aromatic heterocycles. The highest BCUT2D eigenvalue weighted by Crippen LogP contribution is 2.22. The molecule has 4 nitrogen and oxygen atoms in total. The van der Waals surface area contributed by atoms with E-state index in [0.717, 1.165) is 17.9 Å². The Labute approximate surface area is 117 Å². The van der Waals surface area contributed by atoms with E-state index < -0.39 is 11.9 Å². The SMILES string of the molecule is CCn1nc(C)cc1COc1ccc([C@@H](C)O)c(F)c1. The third-order valence-electron chi connectivity index (χ3n) is 3.09. The lowest BCUT2D eigenvalue weighted by molar-refractivity contribution is 0.193. The van der Waals surface area contributed by atoms with Crippen molar-refractivity contribution < 1.29 is 14.2 Å². The van der Waals surface area contributed by atoms with E-state index in [-0.39, 0.29) is 5.56 Å². The summed E-state index contributed by atoms with van der Waals surface area (Å²) in [6, 6.07) is 6.44. The molecular weight excluding hydrogens is 259 g/mol. The van der Waals surface area contributed by atoms with Crippen molar-refractivity contribution in [2.75, 3.05) is 0 Å². The van der Waals surface area contributed by atoms with Crippen molar-refractivity contribution in [2.45, 2.75) is 40.0 Å². The summed E-state index contributed by atoms with van der Waals surface area (Å²) in [6.45, 7) is 6.56. The Kier molecular flexibility index (Phi) is 4.39. The second-order valence-corrected chi connectivity index (χ2v) is 4.74. The molecule has 1 N–H and O–H groups in total. The first-order chi connectivity index (χ1) is 9.51. The Morgan fingerprint density at radius 1 is 1.40 bits per heavy atom. The summed E-state index contributed by atoms with van der Waals surface area (Å²) in [4.78, 5) is 0. The number of aryl methyl sites for hydroxylation is 2. The zero-order valence-corrected chi connectivity index (χ0v) is 11.9. The summed E-state index contributed by atoms with van der Waals surface area (Å²) in [6.07, 6.45) is -0.826. The molecule has 0 radical (unpaired) electrons. The number of rotatable bonds is 5. The molecule has 0 aliphatic heterocycles. The summed E-state index contributed by atoms with van der Waals surface area (Å²) in [5.74, 6) is -0.0221. The fourth-order valence-electron chi connectivity index (χ4n) is 2.08. The Hall–Kier alpha value is -1.88. The molecule has 108 valence electrons. The predicted molar refractivity (Wildman–Crippen MR) is 74.0 cm³/mol. The maximum absolute atomic E-state index is 13.7. The standard InChI is InChI=1S/C15H19FN2O2/c1-4-18-12(7-10(2)17-18)9-20-13-5-6-14(11(3)19)15(16)8-13/h5-8,11,19H,4,9H2,1-3H3/t11-/m1/s1. The van der Waals surface area contributed by atoms with Crippen molar-refractivity contribution in [2.24, 2.45) is 0 Å². The van der Waals surface area contributed by atoms with Gasteiger partial charge in [0.2, 0.25) is 0 Å². The largest absolute Gasteiger partial charge is 0.487 e. The molecule has 0 saturated carbocycles. The van der Waals surface area contributed by atoms with E-state index in [2.05, 4.69) is 5.10 Å². The van der Waals surface area contributed by atoms with E-state index in [9.17, 15) is 9.50 Å². The molecular formula is C15H19FN2O2. The van der Waals surface area contributed by atoms with Gasteiger partial charge in [0.15, 0.2) is 0 Å². The van der Waals surface area contributed by atoms with Crippen LogP contribution in [-0.2, 0) is 13.2 Å². The lowest BCUT2D eigenvalue weighted by Gasteiger charge is -2.10. The summed E-state index contributed by atoms with van der Waals surface area (Å²) < 4.78 is 21.2. The van der Waals surface area contributed by atoms with Gasteiger partial charge < -0.3 is 9.84 Å². The predicted octanol–water partition coefficient (Wildman–Crippen LogP) is 2.98. The van der Waals surface area contributed by atoms with Crippen LogP contribution in [0.15, 0.2) is 24.3 Å². The Bertz CT molecular complexity index is 594. The van der Waals surface area contributed by atoms with E-state index >= 15 is 0 Å². The van der Waals surface area contributed by atoms with Crippen molar-refractivity contribution in [1.82, 2.24) is 9.78 Å². The van der Waals surface area contributed by atoms with E-state index in [1.54, 1.807) is 6.07 Å². The molecule has 0 unspecified atom stereocenters. The molecule has 0 fully saturated rings. The van der Waals surface area contributed by atoms with Crippen LogP contribution in [0.4, 0.5) is 4.39 Å². The molecule has 0 saturated heterocycles. The van der Waals surface area contributed by atoms with Gasteiger partial charge in [-0.25, -0.2) is 4.39 Å². The molecule has 2 aromatic rings. The van der Waals surface area contributed by atoms with Crippen molar-refractivity contribution in [3.05, 3.63) is 47.0 Å². The minimum absolute atomic E-state index is 0.270. The topological polar surface area (TPSA) is 47.3 Å². The van der Waals surface area contributed by atoms with Gasteiger partial charge in [-0.15, -0.1) is 0 Å². The average Bonchev–Trinajstić information content (AvgIpc) is 2.76. The lowest BCUT2D eigenvalue weighted by atomic mass is 10.1. The summed E-state index contributed by atoms with van der Waals surface area (Å²) >= 11 is 0. The van der Waals surface area contributed by atoms with Crippen LogP contribution in [0.1, 0.15) is 36.9 Å². The van der Waals surface area contributed by atoms with Crippen molar-refractivity contribution in [3.63, 3.8) is 0 Å². The number of aliphatic hydroxyl groups is 1. The maximum Gasteiger partial charge on any atom is 0.132 e. The molecule has 1 atom stereocenters. The Morgan fingerprint density at radius 2 is 2.15 bits per heavy atom. The van der Waals surface area contributed by atoms with Crippen LogP contribution in [0.5, 0.6) is 5.75 Å². The minimum Gasteiger partial charge on any atom is -0.487 e. The number of benzene rings is 1. The summed E-state index contributed by atoms with van der Waals surface area (Å²) in [5.41, 5.74) is 2.15. The highest BCUT2D eigenvalue weighted by atomic mass is 19.1. The fourth-order valence-corrected chi connectivity index (χ4v) is 2.08. The number of ether oxygens (including phenoxy) is 1. The molecule has 1 heterocycles. The zero-order valence-electron chi connectivity index (χ0n) is 11.9. The van der Waals surface area contributed by atoms with Crippen LogP contribution in [-0.4, -0.2) is 14.9 Å². The first kappa shape index (κ1) is 14.5. The normalized spacial score (nSPS) is 12.4. The monoisotopic (exact) mass is 278 g/mol. The van der Waals surface area contributed by atoms with Gasteiger partial charge in [0.25, 0.3) is 0 Å². The van der Waals surface area contributed by atoms with Gasteiger partial charge in [-0.1, -0.05) is 0 Å². The second kappa shape index (κ2) is 6.05. The number of hydrogen-bond donors (Lipinski definition) is 1. The molecule has 0 aliphatic carbocycles. The van der Waals surface area contributed by atoms with E-state index in [4.69, 9.17) is 4.74 Å². The van der Waals surface area contributed by atoms with E-state index in [1.165, 1.54) is 19.1 Å². The van der Waals surface area contributed by atoms with Gasteiger partial charge in [-0.3, -0.25) is 4.68 Å². The highest BCUT2D eigenvalue weighted by molar-refractivity contribution is 5.30. The van der Waals surface area contributed by atoms with Gasteiger partial charge in [0, 0.05) is 18.2 Å². The molecule has 20 heavy (non-hydrogen) atoms. The Morgan fingerprint density at radius 3 is 2.75 bits per heavy atom. The van der Waals surface area contributed by atoms with Gasteiger partial charge in [-0.05, 0) is 39.0 Å². The third kappa shape index (κ3) is 3.17. The van der Waals surface area contributed by atoms with Crippen molar-refractivity contribution >= 4 is 0 Å². The molecule has 0 spiro atoms. The molecule has 0 bridgehead atoms. The van der Waals surface area contributed by atoms with Crippen LogP contribution >= 0.6 is 0 Å². The summed E-state index contributed by atoms with van der Waals surface area (Å²) in [7, 11) is 0. The van der Waals surface area contributed by atoms with Crippen molar-refractivity contribution in [3.8, 4) is 5.75 Å². The van der Waals surface area contributed by atoms with Crippen LogP contribution in [0.2, 0.25) is 0 Å².